The second kappa shape index (κ2) is 9.30. The van der Waals surface area contributed by atoms with Gasteiger partial charge in [0.2, 0.25) is 0 Å². The Balaban J connectivity index is 1.12. The lowest BCUT2D eigenvalue weighted by atomic mass is 9.75. The molecular weight excluding hydrogens is 565 g/mol. The van der Waals surface area contributed by atoms with E-state index in [0.717, 1.165) is 0 Å². The van der Waals surface area contributed by atoms with Crippen LogP contribution in [0.4, 0.5) is 0 Å². The van der Waals surface area contributed by atoms with Crippen molar-refractivity contribution in [2.75, 3.05) is 0 Å². The fourth-order valence-electron chi connectivity index (χ4n) is 9.65. The molecule has 0 atom stereocenters. The molecule has 0 bridgehead atoms. The molecule has 0 heterocycles. The van der Waals surface area contributed by atoms with Crippen LogP contribution in [0, 0.1) is 0 Å². The van der Waals surface area contributed by atoms with E-state index in [1.807, 2.05) is 0 Å². The lowest BCUT2D eigenvalue weighted by Crippen LogP contribution is -2.20. The molecule has 0 radical (unpaired) electrons. The molecule has 0 nitrogen and oxygen atoms in total. The van der Waals surface area contributed by atoms with E-state index >= 15 is 0 Å². The minimum atomic E-state index is 0.0703. The van der Waals surface area contributed by atoms with Gasteiger partial charge in [0.25, 0.3) is 0 Å². The zero-order chi connectivity index (χ0) is 30.7. The largest absolute Gasteiger partial charge is 0.0616 e. The standard InChI is InChI=1S/C47H32/c1-3-12-37-32(8-1)26-33-9-2-4-13-38(33)45(37)35-19-22-40-39-21-18-34(27-42(39)47(43(40)28-35)24-5-6-25-47)36-20-16-31-15-14-29-10-7-11-30-17-23-41(36)46(31)44(29)30/h1-4,7-23,26-28H,5-6,24-25H2. The van der Waals surface area contributed by atoms with Crippen molar-refractivity contribution < 1.29 is 0 Å². The Labute approximate surface area is 274 Å². The number of benzene rings is 9. The molecule has 9 aromatic rings. The van der Waals surface area contributed by atoms with Crippen molar-refractivity contribution in [2.45, 2.75) is 31.1 Å². The summed E-state index contributed by atoms with van der Waals surface area (Å²) in [6.07, 6.45) is 5.00. The SMILES string of the molecule is c1ccc2c(-c3ccc4c(c3)C3(CCCC3)c3cc(-c5ccc6ccc7cccc8ccc5c6c78)ccc3-4)c3ccccc3cc2c1. The van der Waals surface area contributed by atoms with Crippen LogP contribution in [-0.2, 0) is 5.41 Å². The number of fused-ring (bicyclic) bond motifs is 7. The summed E-state index contributed by atoms with van der Waals surface area (Å²) in [5.74, 6) is 0. The molecule has 0 aliphatic heterocycles. The Morgan fingerprint density at radius 2 is 0.894 bits per heavy atom. The van der Waals surface area contributed by atoms with Crippen LogP contribution >= 0.6 is 0 Å². The molecule has 1 fully saturated rings. The van der Waals surface area contributed by atoms with E-state index in [0.29, 0.717) is 0 Å². The molecule has 9 aromatic carbocycles. The predicted molar refractivity (Wildman–Crippen MR) is 201 cm³/mol. The van der Waals surface area contributed by atoms with Gasteiger partial charge in [-0.2, -0.15) is 0 Å². The van der Waals surface area contributed by atoms with Crippen molar-refractivity contribution >= 4 is 53.9 Å². The topological polar surface area (TPSA) is 0 Å². The second-order valence-corrected chi connectivity index (χ2v) is 14.0. The van der Waals surface area contributed by atoms with Gasteiger partial charge in [0.05, 0.1) is 0 Å². The van der Waals surface area contributed by atoms with E-state index in [-0.39, 0.29) is 5.41 Å². The summed E-state index contributed by atoms with van der Waals surface area (Å²) in [7, 11) is 0. The van der Waals surface area contributed by atoms with E-state index in [1.165, 1.54) is 124 Å². The Kier molecular flexibility index (Phi) is 5.09. The molecule has 0 saturated heterocycles. The summed E-state index contributed by atoms with van der Waals surface area (Å²) in [6, 6.07) is 55.5. The van der Waals surface area contributed by atoms with Gasteiger partial charge in [-0.3, -0.25) is 0 Å². The van der Waals surface area contributed by atoms with Gasteiger partial charge < -0.3 is 0 Å². The molecule has 0 heteroatoms. The smallest absolute Gasteiger partial charge is 0.0215 e. The van der Waals surface area contributed by atoms with Crippen LogP contribution in [0.2, 0.25) is 0 Å². The lowest BCUT2D eigenvalue weighted by molar-refractivity contribution is 0.550. The monoisotopic (exact) mass is 596 g/mol. The first kappa shape index (κ1) is 25.7. The van der Waals surface area contributed by atoms with Crippen molar-refractivity contribution in [3.05, 3.63) is 157 Å². The highest BCUT2D eigenvalue weighted by Crippen LogP contribution is 2.58. The molecule has 220 valence electrons. The zero-order valence-electron chi connectivity index (χ0n) is 26.2. The minimum absolute atomic E-state index is 0.0703. The van der Waals surface area contributed by atoms with Crippen molar-refractivity contribution in [1.29, 1.82) is 0 Å². The first-order valence-electron chi connectivity index (χ1n) is 17.1. The first-order valence-corrected chi connectivity index (χ1v) is 17.1. The van der Waals surface area contributed by atoms with Gasteiger partial charge in [-0.05, 0) is 129 Å². The Bertz CT molecular complexity index is 2670. The van der Waals surface area contributed by atoms with Crippen LogP contribution in [0.25, 0.3) is 87.2 Å². The summed E-state index contributed by atoms with van der Waals surface area (Å²) >= 11 is 0. The third-order valence-electron chi connectivity index (χ3n) is 11.7. The Morgan fingerprint density at radius 3 is 1.60 bits per heavy atom. The van der Waals surface area contributed by atoms with E-state index in [9.17, 15) is 0 Å². The average molecular weight is 597 g/mol. The Hall–Kier alpha value is -5.46. The molecule has 0 amide bonds. The van der Waals surface area contributed by atoms with Crippen molar-refractivity contribution in [3.63, 3.8) is 0 Å². The van der Waals surface area contributed by atoms with Gasteiger partial charge in [0.1, 0.15) is 0 Å². The quantitative estimate of drug-likeness (QED) is 0.138. The normalized spacial score (nSPS) is 15.1. The maximum atomic E-state index is 2.57. The molecule has 2 aliphatic rings. The lowest BCUT2D eigenvalue weighted by Gasteiger charge is -2.27. The van der Waals surface area contributed by atoms with Gasteiger partial charge >= 0.3 is 0 Å². The minimum Gasteiger partial charge on any atom is -0.0616 e. The van der Waals surface area contributed by atoms with Crippen molar-refractivity contribution in [3.8, 4) is 33.4 Å². The van der Waals surface area contributed by atoms with Crippen LogP contribution in [0.5, 0.6) is 0 Å². The van der Waals surface area contributed by atoms with E-state index in [1.54, 1.807) is 0 Å². The fourth-order valence-corrected chi connectivity index (χ4v) is 9.65. The van der Waals surface area contributed by atoms with Crippen LogP contribution in [-0.4, -0.2) is 0 Å². The molecule has 0 unspecified atom stereocenters. The van der Waals surface area contributed by atoms with Crippen molar-refractivity contribution in [2.24, 2.45) is 0 Å². The van der Waals surface area contributed by atoms with E-state index < -0.39 is 0 Å². The van der Waals surface area contributed by atoms with Crippen molar-refractivity contribution in [1.82, 2.24) is 0 Å². The third-order valence-corrected chi connectivity index (χ3v) is 11.7. The van der Waals surface area contributed by atoms with Gasteiger partial charge in [0, 0.05) is 5.41 Å². The molecule has 11 rings (SSSR count). The second-order valence-electron chi connectivity index (χ2n) is 14.0. The molecule has 1 spiro atoms. The summed E-state index contributed by atoms with van der Waals surface area (Å²) < 4.78 is 0. The molecule has 2 aliphatic carbocycles. The maximum Gasteiger partial charge on any atom is 0.0215 e. The maximum absolute atomic E-state index is 2.57. The fraction of sp³-hybridized carbons (Fsp3) is 0.106. The van der Waals surface area contributed by atoms with Crippen LogP contribution in [0.1, 0.15) is 36.8 Å². The van der Waals surface area contributed by atoms with Gasteiger partial charge in [-0.1, -0.05) is 140 Å². The molecular formula is C47H32. The molecule has 0 aromatic heterocycles. The number of rotatable bonds is 2. The Morgan fingerprint density at radius 1 is 0.362 bits per heavy atom. The van der Waals surface area contributed by atoms with Gasteiger partial charge in [0.15, 0.2) is 0 Å². The highest BCUT2D eigenvalue weighted by Gasteiger charge is 2.45. The average Bonchev–Trinajstić information content (AvgIpc) is 3.73. The summed E-state index contributed by atoms with van der Waals surface area (Å²) in [6.45, 7) is 0. The summed E-state index contributed by atoms with van der Waals surface area (Å²) in [5.41, 5.74) is 11.4. The van der Waals surface area contributed by atoms with Crippen LogP contribution < -0.4 is 0 Å². The van der Waals surface area contributed by atoms with Crippen LogP contribution in [0.3, 0.4) is 0 Å². The highest BCUT2D eigenvalue weighted by molar-refractivity contribution is 6.25. The summed E-state index contributed by atoms with van der Waals surface area (Å²) in [5, 5.41) is 13.4. The number of hydrogen-bond donors (Lipinski definition) is 0. The van der Waals surface area contributed by atoms with E-state index in [4.69, 9.17) is 0 Å². The third kappa shape index (κ3) is 3.43. The van der Waals surface area contributed by atoms with Crippen LogP contribution in [0.15, 0.2) is 146 Å². The molecule has 1 saturated carbocycles. The van der Waals surface area contributed by atoms with Gasteiger partial charge in [-0.15, -0.1) is 0 Å². The van der Waals surface area contributed by atoms with Gasteiger partial charge in [-0.25, -0.2) is 0 Å². The predicted octanol–water partition coefficient (Wildman–Crippen LogP) is 13.1. The summed E-state index contributed by atoms with van der Waals surface area (Å²) in [4.78, 5) is 0. The molecule has 47 heavy (non-hydrogen) atoms. The molecule has 0 N–H and O–H groups in total. The number of hydrogen-bond acceptors (Lipinski definition) is 0. The first-order chi connectivity index (χ1) is 23.3. The highest BCUT2D eigenvalue weighted by atomic mass is 14.5. The zero-order valence-corrected chi connectivity index (χ0v) is 26.2. The van der Waals surface area contributed by atoms with E-state index in [2.05, 4.69) is 146 Å².